The highest BCUT2D eigenvalue weighted by Gasteiger charge is 2.54. The first kappa shape index (κ1) is 19.4. The molecule has 0 bridgehead atoms. The molecular weight excluding hydrogens is 395 g/mol. The van der Waals surface area contributed by atoms with Crippen LogP contribution in [0.25, 0.3) is 5.69 Å². The SMILES string of the molecule is C[C@@H](n1ccn(-c2ccc(C(F)(F)F)cc2)c1=O)[C@]1(c2ccc(F)cc2F)CO1. The molecule has 0 radical (unpaired) electrons. The van der Waals surface area contributed by atoms with E-state index in [1.54, 1.807) is 6.92 Å². The van der Waals surface area contributed by atoms with E-state index in [-0.39, 0.29) is 17.9 Å². The summed E-state index contributed by atoms with van der Waals surface area (Å²) in [6, 6.07) is 6.69. The van der Waals surface area contributed by atoms with Crippen LogP contribution in [0.5, 0.6) is 0 Å². The van der Waals surface area contributed by atoms with Gasteiger partial charge in [-0.25, -0.2) is 13.6 Å². The molecule has 0 unspecified atom stereocenters. The molecule has 1 fully saturated rings. The maximum Gasteiger partial charge on any atom is 0.416 e. The number of epoxide rings is 1. The number of rotatable bonds is 4. The minimum absolute atomic E-state index is 0.139. The molecule has 2 aromatic carbocycles. The molecule has 152 valence electrons. The molecule has 3 aromatic rings. The Hall–Kier alpha value is -2.94. The molecule has 2 atom stereocenters. The zero-order chi connectivity index (χ0) is 21.0. The molecule has 1 saturated heterocycles. The van der Waals surface area contributed by atoms with Gasteiger partial charge in [-0.3, -0.25) is 9.13 Å². The number of halogens is 5. The second kappa shape index (κ2) is 6.55. The Morgan fingerprint density at radius 2 is 1.72 bits per heavy atom. The van der Waals surface area contributed by atoms with Gasteiger partial charge in [0.25, 0.3) is 0 Å². The molecular formula is C20H15F5N2O2. The molecule has 4 rings (SSSR count). The molecule has 0 aliphatic carbocycles. The fourth-order valence-corrected chi connectivity index (χ4v) is 3.45. The van der Waals surface area contributed by atoms with E-state index in [9.17, 15) is 26.7 Å². The van der Waals surface area contributed by atoms with Crippen molar-refractivity contribution in [1.29, 1.82) is 0 Å². The van der Waals surface area contributed by atoms with Gasteiger partial charge in [0.15, 0.2) is 0 Å². The van der Waals surface area contributed by atoms with E-state index in [2.05, 4.69) is 0 Å². The minimum atomic E-state index is -4.47. The van der Waals surface area contributed by atoms with Crippen molar-refractivity contribution in [2.75, 3.05) is 6.61 Å². The molecule has 0 amide bonds. The fourth-order valence-electron chi connectivity index (χ4n) is 3.45. The number of hydrogen-bond donors (Lipinski definition) is 0. The average Bonchev–Trinajstić information content (AvgIpc) is 3.37. The van der Waals surface area contributed by atoms with Crippen molar-refractivity contribution in [2.45, 2.75) is 24.7 Å². The zero-order valence-electron chi connectivity index (χ0n) is 15.1. The second-order valence-corrected chi connectivity index (χ2v) is 6.88. The van der Waals surface area contributed by atoms with E-state index < -0.39 is 40.7 Å². The Balaban J connectivity index is 1.67. The number of aromatic nitrogens is 2. The van der Waals surface area contributed by atoms with Gasteiger partial charge in [0.05, 0.1) is 23.9 Å². The molecule has 0 saturated carbocycles. The molecule has 29 heavy (non-hydrogen) atoms. The van der Waals surface area contributed by atoms with Crippen molar-refractivity contribution in [3.8, 4) is 5.69 Å². The van der Waals surface area contributed by atoms with Gasteiger partial charge in [-0.05, 0) is 37.3 Å². The van der Waals surface area contributed by atoms with Gasteiger partial charge in [0, 0.05) is 24.0 Å². The van der Waals surface area contributed by atoms with Gasteiger partial charge in [0.1, 0.15) is 17.2 Å². The quantitative estimate of drug-likeness (QED) is 0.472. The van der Waals surface area contributed by atoms with Crippen LogP contribution in [-0.4, -0.2) is 15.7 Å². The maximum atomic E-state index is 14.3. The third kappa shape index (κ3) is 3.25. The van der Waals surface area contributed by atoms with Gasteiger partial charge in [0.2, 0.25) is 0 Å². The number of nitrogens with zero attached hydrogens (tertiary/aromatic N) is 2. The zero-order valence-corrected chi connectivity index (χ0v) is 15.1. The number of benzene rings is 2. The molecule has 1 aromatic heterocycles. The van der Waals surface area contributed by atoms with E-state index in [0.29, 0.717) is 0 Å². The summed E-state index contributed by atoms with van der Waals surface area (Å²) in [5.41, 5.74) is -2.06. The van der Waals surface area contributed by atoms with E-state index >= 15 is 0 Å². The Bertz CT molecular complexity index is 1110. The maximum absolute atomic E-state index is 14.3. The predicted molar refractivity (Wildman–Crippen MR) is 93.7 cm³/mol. The Morgan fingerprint density at radius 3 is 2.28 bits per heavy atom. The largest absolute Gasteiger partial charge is 0.416 e. The van der Waals surface area contributed by atoms with Crippen molar-refractivity contribution in [3.63, 3.8) is 0 Å². The van der Waals surface area contributed by atoms with Crippen molar-refractivity contribution < 1.29 is 26.7 Å². The van der Waals surface area contributed by atoms with E-state index in [1.807, 2.05) is 0 Å². The average molecular weight is 410 g/mol. The molecule has 1 aliphatic rings. The molecule has 2 heterocycles. The molecule has 4 nitrogen and oxygen atoms in total. The molecule has 1 aliphatic heterocycles. The summed E-state index contributed by atoms with van der Waals surface area (Å²) >= 11 is 0. The van der Waals surface area contributed by atoms with E-state index in [1.165, 1.54) is 39.7 Å². The molecule has 0 N–H and O–H groups in total. The summed E-state index contributed by atoms with van der Waals surface area (Å²) in [6.45, 7) is 1.81. The number of ether oxygens (including phenoxy) is 1. The lowest BCUT2D eigenvalue weighted by Crippen LogP contribution is -2.32. The van der Waals surface area contributed by atoms with E-state index in [4.69, 9.17) is 4.74 Å². The van der Waals surface area contributed by atoms with Crippen LogP contribution in [0.1, 0.15) is 24.1 Å². The van der Waals surface area contributed by atoms with Crippen LogP contribution < -0.4 is 5.69 Å². The van der Waals surface area contributed by atoms with Gasteiger partial charge >= 0.3 is 11.9 Å². The van der Waals surface area contributed by atoms with Crippen LogP contribution in [0.4, 0.5) is 22.0 Å². The van der Waals surface area contributed by atoms with Crippen LogP contribution in [0.2, 0.25) is 0 Å². The normalized spacial score (nSPS) is 19.9. The third-order valence-electron chi connectivity index (χ3n) is 5.21. The predicted octanol–water partition coefficient (Wildman–Crippen LogP) is 4.42. The van der Waals surface area contributed by atoms with Crippen LogP contribution in [0.3, 0.4) is 0 Å². The lowest BCUT2D eigenvalue weighted by molar-refractivity contribution is -0.137. The summed E-state index contributed by atoms with van der Waals surface area (Å²) in [7, 11) is 0. The monoisotopic (exact) mass is 410 g/mol. The second-order valence-electron chi connectivity index (χ2n) is 6.88. The standard InChI is InChI=1S/C20H15F5N2O2/c1-12(19(11-29-19)16-7-4-14(21)10-17(16)22)26-8-9-27(18(26)28)15-5-2-13(3-6-15)20(23,24)25/h2-10,12H,11H2,1H3/t12-,19+/m1/s1. The van der Waals surface area contributed by atoms with Crippen molar-refractivity contribution in [3.05, 3.63) is 88.1 Å². The lowest BCUT2D eigenvalue weighted by atomic mass is 9.92. The Morgan fingerprint density at radius 1 is 1.07 bits per heavy atom. The summed E-state index contributed by atoms with van der Waals surface area (Å²) in [5, 5.41) is 0. The third-order valence-corrected chi connectivity index (χ3v) is 5.21. The minimum Gasteiger partial charge on any atom is -0.362 e. The molecule has 9 heteroatoms. The number of imidazole rings is 1. The first-order chi connectivity index (χ1) is 13.6. The topological polar surface area (TPSA) is 39.5 Å². The smallest absolute Gasteiger partial charge is 0.362 e. The summed E-state index contributed by atoms with van der Waals surface area (Å²) in [4.78, 5) is 12.8. The number of hydrogen-bond acceptors (Lipinski definition) is 2. The van der Waals surface area contributed by atoms with Crippen LogP contribution >= 0.6 is 0 Å². The van der Waals surface area contributed by atoms with Crippen LogP contribution in [0, 0.1) is 11.6 Å². The first-order valence-electron chi connectivity index (χ1n) is 8.70. The first-order valence-corrected chi connectivity index (χ1v) is 8.70. The Labute approximate surface area is 161 Å². The van der Waals surface area contributed by atoms with Crippen LogP contribution in [0.15, 0.2) is 59.7 Å². The fraction of sp³-hybridized carbons (Fsp3) is 0.250. The highest BCUT2D eigenvalue weighted by molar-refractivity contribution is 5.36. The van der Waals surface area contributed by atoms with E-state index in [0.717, 1.165) is 24.3 Å². The van der Waals surface area contributed by atoms with Gasteiger partial charge in [-0.2, -0.15) is 13.2 Å². The highest BCUT2D eigenvalue weighted by atomic mass is 19.4. The van der Waals surface area contributed by atoms with Gasteiger partial charge in [-0.1, -0.05) is 6.07 Å². The van der Waals surface area contributed by atoms with Crippen molar-refractivity contribution >= 4 is 0 Å². The summed E-state index contributed by atoms with van der Waals surface area (Å²) in [6.07, 6.45) is -1.60. The number of alkyl halides is 3. The summed E-state index contributed by atoms with van der Waals surface area (Å²) in [5.74, 6) is -1.50. The Kier molecular flexibility index (Phi) is 4.38. The van der Waals surface area contributed by atoms with Gasteiger partial charge < -0.3 is 4.74 Å². The van der Waals surface area contributed by atoms with Crippen LogP contribution in [-0.2, 0) is 16.5 Å². The highest BCUT2D eigenvalue weighted by Crippen LogP contribution is 2.48. The lowest BCUT2D eigenvalue weighted by Gasteiger charge is -2.22. The summed E-state index contributed by atoms with van der Waals surface area (Å²) < 4.78 is 73.7. The van der Waals surface area contributed by atoms with Gasteiger partial charge in [-0.15, -0.1) is 0 Å². The molecule has 0 spiro atoms. The van der Waals surface area contributed by atoms with Crippen molar-refractivity contribution in [1.82, 2.24) is 9.13 Å². The van der Waals surface area contributed by atoms with Crippen molar-refractivity contribution in [2.24, 2.45) is 0 Å².